The van der Waals surface area contributed by atoms with Crippen molar-refractivity contribution < 1.29 is 4.79 Å². The number of carbonyl (C=O) groups excluding carboxylic acids is 1. The number of aromatic nitrogens is 2. The monoisotopic (exact) mass is 256 g/mol. The molecule has 0 unspecified atom stereocenters. The summed E-state index contributed by atoms with van der Waals surface area (Å²) in [5.74, 6) is -0.0951. The Bertz CT molecular complexity index is 625. The van der Waals surface area contributed by atoms with E-state index in [1.165, 1.54) is 5.56 Å². The molecule has 5 heteroatoms. The number of hydrogen-bond acceptors (Lipinski definition) is 3. The van der Waals surface area contributed by atoms with Crippen molar-refractivity contribution in [3.63, 3.8) is 0 Å². The molecule has 0 atom stereocenters. The molecule has 19 heavy (non-hydrogen) atoms. The summed E-state index contributed by atoms with van der Waals surface area (Å²) in [5.41, 5.74) is 5.45. The number of aromatic amines is 1. The van der Waals surface area contributed by atoms with Gasteiger partial charge in [0.2, 0.25) is 0 Å². The topological polar surface area (TPSA) is 69.8 Å². The Morgan fingerprint density at radius 3 is 2.95 bits per heavy atom. The van der Waals surface area contributed by atoms with E-state index in [1.807, 2.05) is 32.0 Å². The van der Waals surface area contributed by atoms with Crippen LogP contribution in [0.1, 0.15) is 27.3 Å². The minimum absolute atomic E-state index is 0.0951. The SMILES string of the molecule is Cc1n[nH]c(C)c1NC(=O)c1ccc2c(c1)CCN2. The van der Waals surface area contributed by atoms with Crippen LogP contribution in [0.2, 0.25) is 0 Å². The molecule has 1 amide bonds. The quantitative estimate of drug-likeness (QED) is 0.771. The van der Waals surface area contributed by atoms with Gasteiger partial charge in [0.1, 0.15) is 0 Å². The van der Waals surface area contributed by atoms with Gasteiger partial charge in [0.05, 0.1) is 17.1 Å². The largest absolute Gasteiger partial charge is 0.384 e. The van der Waals surface area contributed by atoms with Gasteiger partial charge in [-0.05, 0) is 44.0 Å². The third kappa shape index (κ3) is 2.07. The van der Waals surface area contributed by atoms with Crippen molar-refractivity contribution in [2.24, 2.45) is 0 Å². The number of aryl methyl sites for hydroxylation is 2. The van der Waals surface area contributed by atoms with Gasteiger partial charge in [-0.2, -0.15) is 5.10 Å². The van der Waals surface area contributed by atoms with Crippen molar-refractivity contribution in [3.8, 4) is 0 Å². The van der Waals surface area contributed by atoms with Crippen molar-refractivity contribution in [1.82, 2.24) is 10.2 Å². The summed E-state index contributed by atoms with van der Waals surface area (Å²) in [6, 6.07) is 5.76. The molecular formula is C14H16N4O. The van der Waals surface area contributed by atoms with E-state index in [9.17, 15) is 4.79 Å². The first kappa shape index (κ1) is 11.8. The number of anilines is 2. The molecule has 1 aromatic heterocycles. The van der Waals surface area contributed by atoms with Crippen LogP contribution in [0.5, 0.6) is 0 Å². The Morgan fingerprint density at radius 1 is 1.37 bits per heavy atom. The van der Waals surface area contributed by atoms with E-state index in [2.05, 4.69) is 20.8 Å². The maximum absolute atomic E-state index is 12.2. The minimum atomic E-state index is -0.0951. The first-order chi connectivity index (χ1) is 9.15. The number of nitrogens with one attached hydrogen (secondary N) is 3. The second-order valence-electron chi connectivity index (χ2n) is 4.81. The third-order valence-corrected chi connectivity index (χ3v) is 3.44. The molecule has 98 valence electrons. The summed E-state index contributed by atoms with van der Waals surface area (Å²) in [5, 5.41) is 13.1. The molecule has 2 aromatic rings. The Balaban J connectivity index is 1.85. The molecule has 0 bridgehead atoms. The summed E-state index contributed by atoms with van der Waals surface area (Å²) >= 11 is 0. The molecule has 1 aliphatic heterocycles. The molecule has 0 spiro atoms. The van der Waals surface area contributed by atoms with Gasteiger partial charge in [-0.25, -0.2) is 0 Å². The van der Waals surface area contributed by atoms with Gasteiger partial charge in [0.25, 0.3) is 5.91 Å². The molecule has 1 aromatic carbocycles. The predicted octanol–water partition coefficient (Wildman–Crippen LogP) is 2.25. The number of H-pyrrole nitrogens is 1. The number of carbonyl (C=O) groups is 1. The number of nitrogens with zero attached hydrogens (tertiary/aromatic N) is 1. The number of rotatable bonds is 2. The van der Waals surface area contributed by atoms with Crippen molar-refractivity contribution >= 4 is 17.3 Å². The van der Waals surface area contributed by atoms with E-state index in [0.29, 0.717) is 5.56 Å². The highest BCUT2D eigenvalue weighted by Gasteiger charge is 2.15. The first-order valence-electron chi connectivity index (χ1n) is 6.35. The normalized spacial score (nSPS) is 12.9. The molecule has 0 radical (unpaired) electrons. The zero-order valence-electron chi connectivity index (χ0n) is 11.0. The standard InChI is InChI=1S/C14H16N4O/c1-8-13(9(2)18-17-8)16-14(19)11-3-4-12-10(7-11)5-6-15-12/h3-4,7,15H,5-6H2,1-2H3,(H,16,19)(H,17,18). The highest BCUT2D eigenvalue weighted by Crippen LogP contribution is 2.24. The van der Waals surface area contributed by atoms with E-state index in [-0.39, 0.29) is 5.91 Å². The molecule has 3 rings (SSSR count). The molecule has 5 nitrogen and oxygen atoms in total. The van der Waals surface area contributed by atoms with E-state index >= 15 is 0 Å². The lowest BCUT2D eigenvalue weighted by Gasteiger charge is -2.07. The zero-order chi connectivity index (χ0) is 13.4. The van der Waals surface area contributed by atoms with Gasteiger partial charge in [0.15, 0.2) is 0 Å². The van der Waals surface area contributed by atoms with Gasteiger partial charge >= 0.3 is 0 Å². The lowest BCUT2D eigenvalue weighted by atomic mass is 10.1. The van der Waals surface area contributed by atoms with Crippen molar-refractivity contribution in [2.75, 3.05) is 17.2 Å². The lowest BCUT2D eigenvalue weighted by Crippen LogP contribution is -2.13. The van der Waals surface area contributed by atoms with Crippen LogP contribution in [-0.2, 0) is 6.42 Å². The van der Waals surface area contributed by atoms with E-state index < -0.39 is 0 Å². The average molecular weight is 256 g/mol. The Labute approximate surface area is 111 Å². The van der Waals surface area contributed by atoms with Crippen molar-refractivity contribution in [1.29, 1.82) is 0 Å². The Hall–Kier alpha value is -2.30. The predicted molar refractivity (Wildman–Crippen MR) is 74.7 cm³/mol. The van der Waals surface area contributed by atoms with E-state index in [4.69, 9.17) is 0 Å². The Morgan fingerprint density at radius 2 is 2.21 bits per heavy atom. The van der Waals surface area contributed by atoms with Gasteiger partial charge < -0.3 is 10.6 Å². The fourth-order valence-corrected chi connectivity index (χ4v) is 2.37. The van der Waals surface area contributed by atoms with Crippen molar-refractivity contribution in [2.45, 2.75) is 20.3 Å². The molecule has 0 aliphatic carbocycles. The van der Waals surface area contributed by atoms with Crippen LogP contribution in [0.25, 0.3) is 0 Å². The van der Waals surface area contributed by atoms with Gasteiger partial charge in [-0.15, -0.1) is 0 Å². The number of hydrogen-bond donors (Lipinski definition) is 3. The first-order valence-corrected chi connectivity index (χ1v) is 6.35. The fourth-order valence-electron chi connectivity index (χ4n) is 2.37. The smallest absolute Gasteiger partial charge is 0.255 e. The molecule has 0 saturated carbocycles. The second-order valence-corrected chi connectivity index (χ2v) is 4.81. The number of amides is 1. The zero-order valence-corrected chi connectivity index (χ0v) is 11.0. The van der Waals surface area contributed by atoms with Crippen LogP contribution >= 0.6 is 0 Å². The summed E-state index contributed by atoms with van der Waals surface area (Å²) in [7, 11) is 0. The third-order valence-electron chi connectivity index (χ3n) is 3.44. The van der Waals surface area contributed by atoms with Gasteiger partial charge in [0, 0.05) is 17.8 Å². The molecule has 1 aliphatic rings. The van der Waals surface area contributed by atoms with E-state index in [0.717, 1.165) is 35.7 Å². The number of fused-ring (bicyclic) bond motifs is 1. The summed E-state index contributed by atoms with van der Waals surface area (Å²) in [6.07, 6.45) is 0.972. The molecule has 3 N–H and O–H groups in total. The van der Waals surface area contributed by atoms with Crippen LogP contribution in [0.15, 0.2) is 18.2 Å². The van der Waals surface area contributed by atoms with Crippen LogP contribution in [-0.4, -0.2) is 22.6 Å². The highest BCUT2D eigenvalue weighted by molar-refractivity contribution is 6.05. The molecular weight excluding hydrogens is 240 g/mol. The highest BCUT2D eigenvalue weighted by atomic mass is 16.1. The van der Waals surface area contributed by atoms with Crippen LogP contribution in [0, 0.1) is 13.8 Å². The van der Waals surface area contributed by atoms with Crippen LogP contribution in [0.4, 0.5) is 11.4 Å². The summed E-state index contributed by atoms with van der Waals surface area (Å²) in [6.45, 7) is 4.70. The summed E-state index contributed by atoms with van der Waals surface area (Å²) in [4.78, 5) is 12.2. The minimum Gasteiger partial charge on any atom is -0.384 e. The summed E-state index contributed by atoms with van der Waals surface area (Å²) < 4.78 is 0. The number of benzene rings is 1. The van der Waals surface area contributed by atoms with Gasteiger partial charge in [-0.1, -0.05) is 0 Å². The Kier molecular flexibility index (Phi) is 2.74. The second kappa shape index (κ2) is 4.42. The fraction of sp³-hybridized carbons (Fsp3) is 0.286. The van der Waals surface area contributed by atoms with Crippen LogP contribution in [0.3, 0.4) is 0 Å². The van der Waals surface area contributed by atoms with Crippen molar-refractivity contribution in [3.05, 3.63) is 40.7 Å². The maximum Gasteiger partial charge on any atom is 0.255 e. The van der Waals surface area contributed by atoms with Gasteiger partial charge in [-0.3, -0.25) is 9.89 Å². The molecule has 0 saturated heterocycles. The molecule has 2 heterocycles. The lowest BCUT2D eigenvalue weighted by molar-refractivity contribution is 0.102. The van der Waals surface area contributed by atoms with E-state index in [1.54, 1.807) is 0 Å². The molecule has 0 fully saturated rings. The average Bonchev–Trinajstić information content (AvgIpc) is 2.99. The maximum atomic E-state index is 12.2. The van der Waals surface area contributed by atoms with Crippen LogP contribution < -0.4 is 10.6 Å².